The third kappa shape index (κ3) is 9.53. The van der Waals surface area contributed by atoms with Crippen LogP contribution in [0.15, 0.2) is 30.3 Å². The highest BCUT2D eigenvalue weighted by Gasteiger charge is 2.35. The van der Waals surface area contributed by atoms with Crippen molar-refractivity contribution < 1.29 is 33.8 Å². The van der Waals surface area contributed by atoms with Crippen LogP contribution in [-0.2, 0) is 30.5 Å². The maximum Gasteiger partial charge on any atom is 0.408 e. The molecule has 220 valence electrons. The molecule has 1 aromatic carbocycles. The number of carbonyl (C=O) groups excluding carboxylic acids is 4. The summed E-state index contributed by atoms with van der Waals surface area (Å²) >= 11 is 0. The smallest absolute Gasteiger partial charge is 0.408 e. The zero-order valence-electron chi connectivity index (χ0n) is 23.3. The van der Waals surface area contributed by atoms with Crippen LogP contribution < -0.4 is 21.3 Å². The number of benzene rings is 1. The lowest BCUT2D eigenvalue weighted by Crippen LogP contribution is -2.57. The van der Waals surface area contributed by atoms with Crippen molar-refractivity contribution in [2.45, 2.75) is 89.9 Å². The fraction of sp³-hybridized carbons (Fsp3) is 0.621. The quantitative estimate of drug-likeness (QED) is 0.248. The molecule has 0 radical (unpaired) electrons. The largest absolute Gasteiger partial charge is 0.480 e. The lowest BCUT2D eigenvalue weighted by atomic mass is 9.84. The summed E-state index contributed by atoms with van der Waals surface area (Å²) in [6, 6.07) is 5.92. The average molecular weight is 559 g/mol. The molecule has 1 saturated heterocycles. The van der Waals surface area contributed by atoms with Crippen LogP contribution in [0.3, 0.4) is 0 Å². The fourth-order valence-corrected chi connectivity index (χ4v) is 5.32. The number of carboxylic acids is 1. The third-order valence-corrected chi connectivity index (χ3v) is 7.66. The van der Waals surface area contributed by atoms with Crippen molar-refractivity contribution in [2.75, 3.05) is 6.54 Å². The van der Waals surface area contributed by atoms with Crippen LogP contribution in [0.4, 0.5) is 4.79 Å². The van der Waals surface area contributed by atoms with Crippen molar-refractivity contribution in [1.82, 2.24) is 21.3 Å². The van der Waals surface area contributed by atoms with E-state index in [2.05, 4.69) is 21.3 Å². The van der Waals surface area contributed by atoms with Crippen molar-refractivity contribution in [3.05, 3.63) is 35.9 Å². The van der Waals surface area contributed by atoms with E-state index in [0.29, 0.717) is 19.4 Å². The van der Waals surface area contributed by atoms with E-state index in [4.69, 9.17) is 4.74 Å². The summed E-state index contributed by atoms with van der Waals surface area (Å²) in [7, 11) is 0. The Balaban J connectivity index is 1.67. The molecule has 0 aromatic heterocycles. The first-order valence-corrected chi connectivity index (χ1v) is 14.2. The van der Waals surface area contributed by atoms with Gasteiger partial charge in [-0.3, -0.25) is 14.4 Å². The summed E-state index contributed by atoms with van der Waals surface area (Å²) in [5.74, 6) is -3.23. The second-order valence-electron chi connectivity index (χ2n) is 11.1. The third-order valence-electron chi connectivity index (χ3n) is 7.66. The van der Waals surface area contributed by atoms with Gasteiger partial charge in [0.1, 0.15) is 24.7 Å². The molecule has 1 heterocycles. The highest BCUT2D eigenvalue weighted by atomic mass is 16.5. The van der Waals surface area contributed by atoms with Gasteiger partial charge in [0, 0.05) is 12.5 Å². The lowest BCUT2D eigenvalue weighted by Gasteiger charge is -2.29. The Labute approximate surface area is 235 Å². The first-order chi connectivity index (χ1) is 19.1. The number of nitrogens with one attached hydrogen (secondary N) is 4. The maximum atomic E-state index is 13.4. The summed E-state index contributed by atoms with van der Waals surface area (Å²) in [6.07, 6.45) is 5.10. The van der Waals surface area contributed by atoms with E-state index in [-0.39, 0.29) is 30.8 Å². The Bertz CT molecular complexity index is 1030. The maximum absolute atomic E-state index is 13.4. The molecule has 1 saturated carbocycles. The van der Waals surface area contributed by atoms with Gasteiger partial charge < -0.3 is 31.1 Å². The zero-order chi connectivity index (χ0) is 29.1. The number of ether oxygens (including phenoxy) is 1. The van der Waals surface area contributed by atoms with Crippen LogP contribution in [0.5, 0.6) is 0 Å². The summed E-state index contributed by atoms with van der Waals surface area (Å²) in [5.41, 5.74) is 0.801. The number of carbonyl (C=O) groups is 5. The van der Waals surface area contributed by atoms with E-state index in [1.165, 1.54) is 0 Å². The van der Waals surface area contributed by atoms with Crippen molar-refractivity contribution >= 4 is 29.8 Å². The van der Waals surface area contributed by atoms with Gasteiger partial charge in [0.25, 0.3) is 0 Å². The Kier molecular flexibility index (Phi) is 11.8. The van der Waals surface area contributed by atoms with E-state index >= 15 is 0 Å². The van der Waals surface area contributed by atoms with Crippen LogP contribution >= 0.6 is 0 Å². The summed E-state index contributed by atoms with van der Waals surface area (Å²) in [5, 5.41) is 20.4. The average Bonchev–Trinajstić information content (AvgIpc) is 3.34. The van der Waals surface area contributed by atoms with E-state index in [9.17, 15) is 29.1 Å². The standard InChI is InChI=1S/C29H42N4O7/c1-18(2)24(33-29(39)40-17-20-11-7-4-8-12-20)27(36)31-22(15-19-9-5-3-6-10-19)26(35)32-23(28(37)38)16-21-13-14-30-25(21)34/h4,7-8,11-12,18-19,21-24H,3,5-6,9-10,13-17H2,1-2H3,(H,30,34)(H,31,36)(H,32,35)(H,33,39)(H,37,38)/t21-,22?,23?,24?/m0/s1. The summed E-state index contributed by atoms with van der Waals surface area (Å²) in [4.78, 5) is 63.2. The summed E-state index contributed by atoms with van der Waals surface area (Å²) < 4.78 is 5.28. The molecule has 3 rings (SSSR count). The molecule has 1 aromatic rings. The molecule has 2 aliphatic rings. The molecular weight excluding hydrogens is 516 g/mol. The number of hydrogen-bond donors (Lipinski definition) is 5. The number of hydrogen-bond acceptors (Lipinski definition) is 6. The Morgan fingerprint density at radius 3 is 2.20 bits per heavy atom. The SMILES string of the molecule is CC(C)C(NC(=O)OCc1ccccc1)C(=O)NC(CC1CCCCC1)C(=O)NC(C[C@@H]1CCNC1=O)C(=O)O. The van der Waals surface area contributed by atoms with Crippen LogP contribution in [0.2, 0.25) is 0 Å². The molecule has 1 aliphatic carbocycles. The van der Waals surface area contributed by atoms with Crippen LogP contribution in [-0.4, -0.2) is 59.6 Å². The molecule has 4 amide bonds. The minimum atomic E-state index is -1.26. The Morgan fingerprint density at radius 1 is 0.925 bits per heavy atom. The molecule has 0 spiro atoms. The predicted octanol–water partition coefficient (Wildman–Crippen LogP) is 2.49. The number of carboxylic acid groups (broad SMARTS) is 1. The van der Waals surface area contributed by atoms with Gasteiger partial charge in [0.2, 0.25) is 17.7 Å². The van der Waals surface area contributed by atoms with Gasteiger partial charge in [0.15, 0.2) is 0 Å². The number of aliphatic carboxylic acids is 1. The highest BCUT2D eigenvalue weighted by molar-refractivity contribution is 5.93. The van der Waals surface area contributed by atoms with Gasteiger partial charge in [-0.25, -0.2) is 9.59 Å². The van der Waals surface area contributed by atoms with Gasteiger partial charge in [-0.15, -0.1) is 0 Å². The fourth-order valence-electron chi connectivity index (χ4n) is 5.32. The molecule has 11 heteroatoms. The van der Waals surface area contributed by atoms with Gasteiger partial charge >= 0.3 is 12.1 Å². The molecular formula is C29H42N4O7. The molecule has 11 nitrogen and oxygen atoms in total. The van der Waals surface area contributed by atoms with Crippen LogP contribution in [0.25, 0.3) is 0 Å². The van der Waals surface area contributed by atoms with Crippen molar-refractivity contribution in [2.24, 2.45) is 17.8 Å². The lowest BCUT2D eigenvalue weighted by molar-refractivity contribution is -0.143. The Morgan fingerprint density at radius 2 is 1.60 bits per heavy atom. The first-order valence-electron chi connectivity index (χ1n) is 14.2. The van der Waals surface area contributed by atoms with Crippen molar-refractivity contribution in [3.8, 4) is 0 Å². The van der Waals surface area contributed by atoms with E-state index < -0.39 is 47.9 Å². The van der Waals surface area contributed by atoms with Crippen LogP contribution in [0, 0.1) is 17.8 Å². The second-order valence-corrected chi connectivity index (χ2v) is 11.1. The van der Waals surface area contributed by atoms with Gasteiger partial charge in [0.05, 0.1) is 0 Å². The first kappa shape index (κ1) is 30.9. The topological polar surface area (TPSA) is 163 Å². The zero-order valence-corrected chi connectivity index (χ0v) is 23.3. The highest BCUT2D eigenvalue weighted by Crippen LogP contribution is 2.27. The minimum Gasteiger partial charge on any atom is -0.480 e. The minimum absolute atomic E-state index is 0.0273. The molecule has 0 bridgehead atoms. The molecule has 1 aliphatic heterocycles. The number of alkyl carbamates (subject to hydrolysis) is 1. The molecule has 5 N–H and O–H groups in total. The van der Waals surface area contributed by atoms with Crippen LogP contribution in [0.1, 0.15) is 70.8 Å². The normalized spacial score (nSPS) is 19.7. The summed E-state index contributed by atoms with van der Waals surface area (Å²) in [6.45, 7) is 4.05. The van der Waals surface area contributed by atoms with Gasteiger partial charge in [-0.1, -0.05) is 76.3 Å². The van der Waals surface area contributed by atoms with Gasteiger partial charge in [-0.2, -0.15) is 0 Å². The predicted molar refractivity (Wildman–Crippen MR) is 147 cm³/mol. The van der Waals surface area contributed by atoms with Crippen molar-refractivity contribution in [3.63, 3.8) is 0 Å². The number of amides is 4. The van der Waals surface area contributed by atoms with E-state index in [1.807, 2.05) is 30.3 Å². The number of rotatable bonds is 13. The molecule has 4 atom stereocenters. The van der Waals surface area contributed by atoms with Gasteiger partial charge in [-0.05, 0) is 36.7 Å². The molecule has 40 heavy (non-hydrogen) atoms. The molecule has 3 unspecified atom stereocenters. The van der Waals surface area contributed by atoms with Crippen molar-refractivity contribution in [1.29, 1.82) is 0 Å². The van der Waals surface area contributed by atoms with E-state index in [0.717, 1.165) is 37.7 Å². The van der Waals surface area contributed by atoms with E-state index in [1.54, 1.807) is 13.8 Å². The Hall–Kier alpha value is -3.63. The molecule has 2 fully saturated rings. The monoisotopic (exact) mass is 558 g/mol. The second kappa shape index (κ2) is 15.2.